The van der Waals surface area contributed by atoms with Gasteiger partial charge in [0.25, 0.3) is 0 Å². The second-order valence-electron chi connectivity index (χ2n) is 4.48. The van der Waals surface area contributed by atoms with Crippen LogP contribution in [0.1, 0.15) is 12.5 Å². The van der Waals surface area contributed by atoms with Crippen LogP contribution < -0.4 is 4.74 Å². The van der Waals surface area contributed by atoms with Gasteiger partial charge in [-0.3, -0.25) is 4.90 Å². The lowest BCUT2D eigenvalue weighted by Gasteiger charge is -2.22. The predicted molar refractivity (Wildman–Crippen MR) is 70.2 cm³/mol. The number of rotatable bonds is 3. The number of para-hydroxylation sites is 1. The Labute approximate surface area is 103 Å². The van der Waals surface area contributed by atoms with Crippen molar-refractivity contribution in [1.82, 2.24) is 4.90 Å². The van der Waals surface area contributed by atoms with Crippen LogP contribution in [0, 0.1) is 5.92 Å². The summed E-state index contributed by atoms with van der Waals surface area (Å²) in [6.07, 6.45) is 0. The smallest absolute Gasteiger partial charge is 0.123 e. The minimum absolute atomic E-state index is 0.633. The average Bonchev–Trinajstić information content (AvgIpc) is 2.50. The number of fused-ring (bicyclic) bond motifs is 1. The van der Waals surface area contributed by atoms with Gasteiger partial charge >= 0.3 is 0 Å². The third-order valence-electron chi connectivity index (χ3n) is 2.91. The number of nitrogens with zero attached hydrogens (tertiary/aromatic N) is 1. The van der Waals surface area contributed by atoms with Crippen molar-refractivity contribution in [2.24, 2.45) is 5.92 Å². The highest BCUT2D eigenvalue weighted by atomic mass is 32.1. The van der Waals surface area contributed by atoms with Crippen molar-refractivity contribution >= 4 is 12.6 Å². The molecule has 0 N–H and O–H groups in total. The van der Waals surface area contributed by atoms with Gasteiger partial charge in [-0.25, -0.2) is 0 Å². The van der Waals surface area contributed by atoms with Gasteiger partial charge in [0, 0.05) is 25.2 Å². The second kappa shape index (κ2) is 5.60. The molecule has 2 nitrogen and oxygen atoms in total. The second-order valence-corrected chi connectivity index (χ2v) is 4.84. The van der Waals surface area contributed by atoms with E-state index in [-0.39, 0.29) is 0 Å². The Kier molecular flexibility index (Phi) is 4.13. The molecule has 1 unspecified atom stereocenters. The lowest BCUT2D eigenvalue weighted by Crippen LogP contribution is -2.30. The molecule has 0 fully saturated rings. The maximum Gasteiger partial charge on any atom is 0.123 e. The van der Waals surface area contributed by atoms with E-state index in [0.29, 0.717) is 5.92 Å². The van der Waals surface area contributed by atoms with Gasteiger partial charge in [0.05, 0.1) is 0 Å². The van der Waals surface area contributed by atoms with Crippen molar-refractivity contribution in [1.29, 1.82) is 0 Å². The molecule has 0 amide bonds. The van der Waals surface area contributed by atoms with E-state index in [9.17, 15) is 0 Å². The molecule has 3 heteroatoms. The highest BCUT2D eigenvalue weighted by molar-refractivity contribution is 7.80. The highest BCUT2D eigenvalue weighted by Crippen LogP contribution is 2.22. The Morgan fingerprint density at radius 1 is 1.44 bits per heavy atom. The van der Waals surface area contributed by atoms with Crippen LogP contribution in [0.5, 0.6) is 5.75 Å². The molecule has 0 radical (unpaired) electrons. The topological polar surface area (TPSA) is 12.5 Å². The molecule has 0 aliphatic carbocycles. The molecule has 0 saturated carbocycles. The quantitative estimate of drug-likeness (QED) is 0.811. The van der Waals surface area contributed by atoms with Crippen LogP contribution in [-0.2, 0) is 6.54 Å². The Hall–Kier alpha value is -0.670. The number of benzene rings is 1. The standard InChI is InChI=1S/C13H19NOS/c1-11(10-16)8-14-6-7-15-13-5-3-2-4-12(13)9-14/h2-5,11,16H,6-10H2,1H3. The first-order valence-corrected chi connectivity index (χ1v) is 6.46. The molecule has 0 saturated heterocycles. The lowest BCUT2D eigenvalue weighted by atomic mass is 10.1. The van der Waals surface area contributed by atoms with Crippen LogP contribution in [0.25, 0.3) is 0 Å². The molecule has 1 heterocycles. The van der Waals surface area contributed by atoms with Crippen molar-refractivity contribution in [2.75, 3.05) is 25.4 Å². The van der Waals surface area contributed by atoms with Crippen LogP contribution in [0.2, 0.25) is 0 Å². The maximum absolute atomic E-state index is 5.73. The summed E-state index contributed by atoms with van der Waals surface area (Å²) in [5, 5.41) is 0. The Morgan fingerprint density at radius 3 is 3.06 bits per heavy atom. The largest absolute Gasteiger partial charge is 0.492 e. The van der Waals surface area contributed by atoms with Crippen molar-refractivity contribution in [3.63, 3.8) is 0 Å². The maximum atomic E-state index is 5.73. The zero-order chi connectivity index (χ0) is 11.4. The van der Waals surface area contributed by atoms with E-state index in [4.69, 9.17) is 4.74 Å². The van der Waals surface area contributed by atoms with E-state index in [0.717, 1.165) is 37.7 Å². The fourth-order valence-electron chi connectivity index (χ4n) is 2.03. The first-order chi connectivity index (χ1) is 7.79. The molecular weight excluding hydrogens is 218 g/mol. The lowest BCUT2D eigenvalue weighted by molar-refractivity contribution is 0.208. The van der Waals surface area contributed by atoms with Crippen molar-refractivity contribution in [3.8, 4) is 5.75 Å². The zero-order valence-corrected chi connectivity index (χ0v) is 10.6. The third kappa shape index (κ3) is 2.92. The molecule has 0 bridgehead atoms. The summed E-state index contributed by atoms with van der Waals surface area (Å²) in [5.41, 5.74) is 1.30. The van der Waals surface area contributed by atoms with E-state index in [1.54, 1.807) is 0 Å². The van der Waals surface area contributed by atoms with E-state index in [1.807, 2.05) is 6.07 Å². The van der Waals surface area contributed by atoms with Gasteiger partial charge in [-0.1, -0.05) is 25.1 Å². The van der Waals surface area contributed by atoms with Gasteiger partial charge in [0.15, 0.2) is 0 Å². The molecule has 1 aromatic rings. The van der Waals surface area contributed by atoms with Crippen LogP contribution in [-0.4, -0.2) is 30.3 Å². The number of ether oxygens (including phenoxy) is 1. The van der Waals surface area contributed by atoms with Gasteiger partial charge in [0.1, 0.15) is 12.4 Å². The van der Waals surface area contributed by atoms with Crippen molar-refractivity contribution in [2.45, 2.75) is 13.5 Å². The highest BCUT2D eigenvalue weighted by Gasteiger charge is 2.16. The summed E-state index contributed by atoms with van der Waals surface area (Å²) < 4.78 is 5.73. The minimum atomic E-state index is 0.633. The van der Waals surface area contributed by atoms with Crippen LogP contribution >= 0.6 is 12.6 Å². The summed E-state index contributed by atoms with van der Waals surface area (Å²) in [6, 6.07) is 8.32. The van der Waals surface area contributed by atoms with Crippen LogP contribution in [0.15, 0.2) is 24.3 Å². The summed E-state index contributed by atoms with van der Waals surface area (Å²) in [7, 11) is 0. The SMILES string of the molecule is CC(CS)CN1CCOc2ccccc2C1. The third-order valence-corrected chi connectivity index (χ3v) is 3.54. The van der Waals surface area contributed by atoms with Crippen LogP contribution in [0.4, 0.5) is 0 Å². The molecule has 0 spiro atoms. The number of hydrogen-bond acceptors (Lipinski definition) is 3. The molecule has 0 aromatic heterocycles. The van der Waals surface area contributed by atoms with E-state index in [1.165, 1.54) is 5.56 Å². The molecule has 1 aromatic carbocycles. The molecule has 1 aliphatic heterocycles. The Morgan fingerprint density at radius 2 is 2.25 bits per heavy atom. The molecule has 2 rings (SSSR count). The first kappa shape index (κ1) is 11.8. The monoisotopic (exact) mass is 237 g/mol. The molecule has 1 atom stereocenters. The van der Waals surface area contributed by atoms with E-state index in [2.05, 4.69) is 42.7 Å². The fraction of sp³-hybridized carbons (Fsp3) is 0.538. The van der Waals surface area contributed by atoms with Gasteiger partial charge < -0.3 is 4.74 Å². The zero-order valence-electron chi connectivity index (χ0n) is 9.72. The fourth-order valence-corrected chi connectivity index (χ4v) is 2.15. The number of thiol groups is 1. The van der Waals surface area contributed by atoms with Gasteiger partial charge in [0.2, 0.25) is 0 Å². The van der Waals surface area contributed by atoms with Gasteiger partial charge in [-0.15, -0.1) is 0 Å². The van der Waals surface area contributed by atoms with E-state index < -0.39 is 0 Å². The van der Waals surface area contributed by atoms with Crippen molar-refractivity contribution < 1.29 is 4.74 Å². The summed E-state index contributed by atoms with van der Waals surface area (Å²) in [5.74, 6) is 2.62. The van der Waals surface area contributed by atoms with E-state index >= 15 is 0 Å². The minimum Gasteiger partial charge on any atom is -0.492 e. The normalized spacial score (nSPS) is 18.4. The van der Waals surface area contributed by atoms with Crippen molar-refractivity contribution in [3.05, 3.63) is 29.8 Å². The summed E-state index contributed by atoms with van der Waals surface area (Å²) in [6.45, 7) is 6.13. The molecule has 16 heavy (non-hydrogen) atoms. The number of hydrogen-bond donors (Lipinski definition) is 1. The summed E-state index contributed by atoms with van der Waals surface area (Å²) in [4.78, 5) is 2.45. The molecule has 1 aliphatic rings. The predicted octanol–water partition coefficient (Wildman–Crippen LogP) is 2.45. The van der Waals surface area contributed by atoms with Gasteiger partial charge in [-0.2, -0.15) is 12.6 Å². The Balaban J connectivity index is 2.05. The molecule has 88 valence electrons. The van der Waals surface area contributed by atoms with Crippen LogP contribution in [0.3, 0.4) is 0 Å². The van der Waals surface area contributed by atoms with Gasteiger partial charge in [-0.05, 0) is 17.7 Å². The first-order valence-electron chi connectivity index (χ1n) is 5.83. The Bertz CT molecular complexity index is 342. The molecular formula is C13H19NOS. The average molecular weight is 237 g/mol. The summed E-state index contributed by atoms with van der Waals surface area (Å²) >= 11 is 4.34.